The van der Waals surface area contributed by atoms with E-state index in [-0.39, 0.29) is 53.1 Å². The molecule has 0 aromatic carbocycles. The molecule has 0 radical (unpaired) electrons. The van der Waals surface area contributed by atoms with Gasteiger partial charge in [-0.1, -0.05) is 53.2 Å². The molecule has 55 heavy (non-hydrogen) atoms. The van der Waals surface area contributed by atoms with Crippen LogP contribution in [0, 0.1) is 56.7 Å². The van der Waals surface area contributed by atoms with Crippen LogP contribution in [0.4, 0.5) is 0 Å². The summed E-state index contributed by atoms with van der Waals surface area (Å²) in [5.74, 6) is -1.81. The number of carbonyl (C=O) groups is 5. The van der Waals surface area contributed by atoms with Gasteiger partial charge in [0.25, 0.3) is 0 Å². The fourth-order valence-electron chi connectivity index (χ4n) is 13.3. The SMILES string of the molecule is CC(=O)OC[C@@]1(C)[C@@H]2CC[C@]3(C)[C@H](CC=C4[C@@H]5[C@@H](C)[C@H](C)CC[C@]5(C(=O)O)CC[C@]43C)[C@@]2(C)CC[C@@H]1O[C@@H]1OC[C@H](OC(C)=O)[C@H](OC(C)=O)[C@H]1OC(C)=O. The van der Waals surface area contributed by atoms with Crippen molar-refractivity contribution in [1.29, 1.82) is 0 Å². The van der Waals surface area contributed by atoms with E-state index in [0.29, 0.717) is 18.8 Å². The van der Waals surface area contributed by atoms with Crippen LogP contribution in [0.5, 0.6) is 0 Å². The number of esters is 4. The number of carboxylic acid groups (broad SMARTS) is 1. The zero-order chi connectivity index (χ0) is 40.5. The molecule has 6 rings (SSSR count). The van der Waals surface area contributed by atoms with Crippen molar-refractivity contribution in [1.82, 2.24) is 0 Å². The first-order valence-corrected chi connectivity index (χ1v) is 20.5. The van der Waals surface area contributed by atoms with Gasteiger partial charge in [-0.25, -0.2) is 0 Å². The van der Waals surface area contributed by atoms with Crippen molar-refractivity contribution in [3.8, 4) is 0 Å². The molecule has 4 saturated carbocycles. The Morgan fingerprint density at radius 3 is 2.05 bits per heavy atom. The lowest BCUT2D eigenvalue weighted by atomic mass is 9.33. The molecule has 1 heterocycles. The monoisotopic (exact) mass is 772 g/mol. The Balaban J connectivity index is 1.34. The van der Waals surface area contributed by atoms with Crippen molar-refractivity contribution < 1.29 is 57.5 Å². The zero-order valence-corrected chi connectivity index (χ0v) is 34.6. The minimum Gasteiger partial charge on any atom is -0.481 e. The summed E-state index contributed by atoms with van der Waals surface area (Å²) in [7, 11) is 0. The van der Waals surface area contributed by atoms with Gasteiger partial charge in [0, 0.05) is 33.1 Å². The molecule has 5 fully saturated rings. The second-order valence-electron chi connectivity index (χ2n) is 19.1. The van der Waals surface area contributed by atoms with Crippen LogP contribution in [0.15, 0.2) is 11.6 Å². The quantitative estimate of drug-likeness (QED) is 0.119. The van der Waals surface area contributed by atoms with E-state index in [1.54, 1.807) is 0 Å². The molecule has 12 nitrogen and oxygen atoms in total. The predicted molar refractivity (Wildman–Crippen MR) is 199 cm³/mol. The van der Waals surface area contributed by atoms with E-state index in [2.05, 4.69) is 47.6 Å². The van der Waals surface area contributed by atoms with Gasteiger partial charge in [-0.05, 0) is 104 Å². The molecular formula is C43H64O12. The molecule has 1 aliphatic heterocycles. The first-order valence-electron chi connectivity index (χ1n) is 20.5. The van der Waals surface area contributed by atoms with Crippen LogP contribution >= 0.6 is 0 Å². The van der Waals surface area contributed by atoms with Gasteiger partial charge in [-0.2, -0.15) is 0 Å². The van der Waals surface area contributed by atoms with Crippen LogP contribution in [0.25, 0.3) is 0 Å². The fourth-order valence-corrected chi connectivity index (χ4v) is 13.3. The average molecular weight is 773 g/mol. The van der Waals surface area contributed by atoms with E-state index in [0.717, 1.165) is 44.9 Å². The number of ether oxygens (including phenoxy) is 6. The lowest BCUT2D eigenvalue weighted by Gasteiger charge is -2.71. The molecule has 12 heteroatoms. The van der Waals surface area contributed by atoms with Gasteiger partial charge < -0.3 is 33.5 Å². The van der Waals surface area contributed by atoms with E-state index in [9.17, 15) is 29.1 Å². The van der Waals surface area contributed by atoms with Gasteiger partial charge in [-0.15, -0.1) is 0 Å². The van der Waals surface area contributed by atoms with Gasteiger partial charge in [-0.3, -0.25) is 24.0 Å². The average Bonchev–Trinajstić information content (AvgIpc) is 3.08. The van der Waals surface area contributed by atoms with Gasteiger partial charge in [0.2, 0.25) is 0 Å². The molecule has 6 aliphatic rings. The van der Waals surface area contributed by atoms with Crippen LogP contribution in [-0.2, 0) is 52.4 Å². The summed E-state index contributed by atoms with van der Waals surface area (Å²) in [5.41, 5.74) is -0.437. The van der Waals surface area contributed by atoms with Gasteiger partial charge in [0.05, 0.1) is 24.7 Å². The van der Waals surface area contributed by atoms with Gasteiger partial charge in [0.15, 0.2) is 24.6 Å². The minimum atomic E-state index is -1.23. The Labute approximate surface area is 326 Å². The number of fused-ring (bicyclic) bond motifs is 7. The standard InChI is InChI=1S/C43H64O12/c1-23-13-18-43(38(48)49)20-19-41(9)29(34(43)24(23)2)11-12-32-39(7)16-15-33(40(8,22-51-25(3)44)31(39)14-17-42(32,41)10)55-37-36(54-28(6)47)35(53-27(5)46)30(21-50-37)52-26(4)45/h11,23-24,30-37H,12-22H2,1-10H3,(H,48,49)/t23-,24+,30+,31-,32-,33+,34+,35+,36-,37+,39+,40+,41-,42-,43+/m1/s1. The molecular weight excluding hydrogens is 708 g/mol. The molecule has 5 aliphatic carbocycles. The van der Waals surface area contributed by atoms with Crippen LogP contribution in [-0.4, -0.2) is 78.9 Å². The molecule has 0 amide bonds. The Hall–Kier alpha value is -2.99. The number of hydrogen-bond acceptors (Lipinski definition) is 11. The lowest BCUT2D eigenvalue weighted by Crippen LogP contribution is -2.67. The predicted octanol–water partition coefficient (Wildman–Crippen LogP) is 6.81. The van der Waals surface area contributed by atoms with Crippen molar-refractivity contribution in [2.24, 2.45) is 56.7 Å². The summed E-state index contributed by atoms with van der Waals surface area (Å²) < 4.78 is 35.6. The maximum absolute atomic E-state index is 13.1. The van der Waals surface area contributed by atoms with Crippen LogP contribution in [0.1, 0.15) is 127 Å². The highest BCUT2D eigenvalue weighted by atomic mass is 16.7. The highest BCUT2D eigenvalue weighted by molar-refractivity contribution is 5.77. The highest BCUT2D eigenvalue weighted by Gasteiger charge is 2.70. The van der Waals surface area contributed by atoms with E-state index < -0.39 is 71.4 Å². The van der Waals surface area contributed by atoms with E-state index in [1.165, 1.54) is 33.3 Å². The van der Waals surface area contributed by atoms with Crippen LogP contribution in [0.3, 0.4) is 0 Å². The smallest absolute Gasteiger partial charge is 0.310 e. The number of carbonyl (C=O) groups excluding carboxylic acids is 4. The molecule has 15 atom stereocenters. The van der Waals surface area contributed by atoms with Crippen molar-refractivity contribution >= 4 is 29.8 Å². The Bertz CT molecular complexity index is 1590. The van der Waals surface area contributed by atoms with Crippen molar-refractivity contribution in [3.63, 3.8) is 0 Å². The summed E-state index contributed by atoms with van der Waals surface area (Å²) in [6, 6.07) is 0. The highest BCUT2D eigenvalue weighted by Crippen LogP contribution is 2.76. The normalized spacial score (nSPS) is 46.3. The van der Waals surface area contributed by atoms with E-state index >= 15 is 0 Å². The van der Waals surface area contributed by atoms with Crippen molar-refractivity contribution in [3.05, 3.63) is 11.6 Å². The largest absolute Gasteiger partial charge is 0.481 e. The third-order valence-electron chi connectivity index (χ3n) is 16.3. The molecule has 0 aromatic heterocycles. The topological polar surface area (TPSA) is 161 Å². The third kappa shape index (κ3) is 6.72. The molecule has 0 aromatic rings. The second kappa shape index (κ2) is 14.7. The Kier molecular flexibility index (Phi) is 11.2. The number of aliphatic carboxylic acids is 1. The maximum Gasteiger partial charge on any atom is 0.310 e. The Morgan fingerprint density at radius 1 is 0.782 bits per heavy atom. The summed E-state index contributed by atoms with van der Waals surface area (Å²) >= 11 is 0. The molecule has 1 saturated heterocycles. The molecule has 308 valence electrons. The summed E-state index contributed by atoms with van der Waals surface area (Å²) in [6.07, 6.45) is 4.68. The number of carboxylic acids is 1. The van der Waals surface area contributed by atoms with E-state index in [1.807, 2.05) is 0 Å². The first kappa shape index (κ1) is 41.6. The van der Waals surface area contributed by atoms with Crippen LogP contribution in [0.2, 0.25) is 0 Å². The third-order valence-corrected chi connectivity index (χ3v) is 16.3. The molecule has 0 spiro atoms. The summed E-state index contributed by atoms with van der Waals surface area (Å²) in [4.78, 5) is 62.2. The zero-order valence-electron chi connectivity index (χ0n) is 34.6. The molecule has 1 N–H and O–H groups in total. The number of hydrogen-bond donors (Lipinski definition) is 1. The number of allylic oxidation sites excluding steroid dienone is 2. The summed E-state index contributed by atoms with van der Waals surface area (Å²) in [6.45, 7) is 19.1. The molecule has 0 bridgehead atoms. The van der Waals surface area contributed by atoms with Gasteiger partial charge >= 0.3 is 29.8 Å². The fraction of sp³-hybridized carbons (Fsp3) is 0.837. The number of rotatable bonds is 8. The van der Waals surface area contributed by atoms with Crippen molar-refractivity contribution in [2.45, 2.75) is 158 Å². The second-order valence-corrected chi connectivity index (χ2v) is 19.1. The van der Waals surface area contributed by atoms with E-state index in [4.69, 9.17) is 28.4 Å². The lowest BCUT2D eigenvalue weighted by molar-refractivity contribution is -0.316. The molecule has 0 unspecified atom stereocenters. The van der Waals surface area contributed by atoms with Crippen LogP contribution < -0.4 is 0 Å². The first-order chi connectivity index (χ1) is 25.6. The van der Waals surface area contributed by atoms with Crippen molar-refractivity contribution in [2.75, 3.05) is 13.2 Å². The van der Waals surface area contributed by atoms with Gasteiger partial charge in [0.1, 0.15) is 0 Å². The Morgan fingerprint density at radius 2 is 1.44 bits per heavy atom. The minimum absolute atomic E-state index is 0.0195. The summed E-state index contributed by atoms with van der Waals surface area (Å²) in [5, 5.41) is 10.8. The maximum atomic E-state index is 13.1.